The summed E-state index contributed by atoms with van der Waals surface area (Å²) in [5.74, 6) is -0.604. The lowest BCUT2D eigenvalue weighted by Crippen LogP contribution is -2.50. The lowest BCUT2D eigenvalue weighted by molar-refractivity contribution is 0.101. The van der Waals surface area contributed by atoms with E-state index in [9.17, 15) is 9.18 Å². The van der Waals surface area contributed by atoms with Crippen molar-refractivity contribution in [1.29, 1.82) is 0 Å². The summed E-state index contributed by atoms with van der Waals surface area (Å²) >= 11 is 0. The van der Waals surface area contributed by atoms with Gasteiger partial charge in [0.05, 0.1) is 11.3 Å². The van der Waals surface area contributed by atoms with E-state index >= 15 is 0 Å². The van der Waals surface area contributed by atoms with Gasteiger partial charge in [0.15, 0.2) is 5.78 Å². The largest absolute Gasteiger partial charge is 0.369 e. The molecule has 5 heteroatoms. The summed E-state index contributed by atoms with van der Waals surface area (Å²) in [6.45, 7) is 11.0. The molecule has 126 valence electrons. The van der Waals surface area contributed by atoms with Gasteiger partial charge in [-0.15, -0.1) is 0 Å². The fourth-order valence-corrected chi connectivity index (χ4v) is 3.83. The van der Waals surface area contributed by atoms with Gasteiger partial charge < -0.3 is 9.80 Å². The molecule has 1 atom stereocenters. The van der Waals surface area contributed by atoms with Gasteiger partial charge in [-0.2, -0.15) is 0 Å². The maximum absolute atomic E-state index is 14.0. The highest BCUT2D eigenvalue weighted by Gasteiger charge is 2.31. The van der Waals surface area contributed by atoms with Gasteiger partial charge in [-0.05, 0) is 32.0 Å². The number of rotatable bonds is 4. The summed E-state index contributed by atoms with van der Waals surface area (Å²) in [7, 11) is 0. The molecule has 3 rings (SSSR count). The number of nitrogens with zero attached hydrogens (tertiary/aromatic N) is 3. The summed E-state index contributed by atoms with van der Waals surface area (Å²) in [6, 6.07) is 5.46. The molecule has 23 heavy (non-hydrogen) atoms. The molecule has 0 spiro atoms. The van der Waals surface area contributed by atoms with Crippen molar-refractivity contribution in [1.82, 2.24) is 9.80 Å². The molecule has 0 aromatic heterocycles. The smallest absolute Gasteiger partial charge is 0.164 e. The Morgan fingerprint density at radius 1 is 1.22 bits per heavy atom. The minimum Gasteiger partial charge on any atom is -0.369 e. The first kappa shape index (κ1) is 16.4. The molecule has 1 unspecified atom stereocenters. The maximum atomic E-state index is 14.0. The third kappa shape index (κ3) is 3.40. The van der Waals surface area contributed by atoms with E-state index in [4.69, 9.17) is 0 Å². The predicted octanol–water partition coefficient (Wildman–Crippen LogP) is 2.24. The van der Waals surface area contributed by atoms with Gasteiger partial charge in [-0.25, -0.2) is 4.39 Å². The zero-order chi connectivity index (χ0) is 16.4. The number of hydrogen-bond donors (Lipinski definition) is 0. The van der Waals surface area contributed by atoms with E-state index in [-0.39, 0.29) is 11.3 Å². The van der Waals surface area contributed by atoms with E-state index in [0.29, 0.717) is 6.04 Å². The molecule has 0 saturated carbocycles. The van der Waals surface area contributed by atoms with E-state index in [1.807, 2.05) is 6.07 Å². The molecule has 0 radical (unpaired) electrons. The van der Waals surface area contributed by atoms with Crippen molar-refractivity contribution in [2.75, 3.05) is 50.7 Å². The Labute approximate surface area is 137 Å². The van der Waals surface area contributed by atoms with Crippen LogP contribution in [0.3, 0.4) is 0 Å². The molecule has 2 heterocycles. The van der Waals surface area contributed by atoms with Gasteiger partial charge in [-0.1, -0.05) is 13.0 Å². The second-order valence-electron chi connectivity index (χ2n) is 6.55. The molecule has 2 fully saturated rings. The highest BCUT2D eigenvalue weighted by Crippen LogP contribution is 2.29. The first-order chi connectivity index (χ1) is 11.1. The Morgan fingerprint density at radius 3 is 2.61 bits per heavy atom. The highest BCUT2D eigenvalue weighted by molar-refractivity contribution is 6.00. The molecular formula is C18H26FN3O. The van der Waals surface area contributed by atoms with Crippen molar-refractivity contribution in [3.8, 4) is 0 Å². The minimum atomic E-state index is -0.407. The average Bonchev–Trinajstić information content (AvgIpc) is 3.04. The molecule has 2 aliphatic heterocycles. The predicted molar refractivity (Wildman–Crippen MR) is 90.7 cm³/mol. The van der Waals surface area contributed by atoms with Crippen LogP contribution >= 0.6 is 0 Å². The van der Waals surface area contributed by atoms with Gasteiger partial charge in [0.2, 0.25) is 0 Å². The molecule has 2 aliphatic rings. The molecule has 2 saturated heterocycles. The SMILES string of the molecule is CCN1CCN(C2CCN(c3cccc(F)c3C(C)=O)C2)CC1. The number of halogens is 1. The fourth-order valence-electron chi connectivity index (χ4n) is 3.83. The van der Waals surface area contributed by atoms with Gasteiger partial charge in [-0.3, -0.25) is 9.69 Å². The topological polar surface area (TPSA) is 26.8 Å². The molecule has 0 amide bonds. The van der Waals surface area contributed by atoms with Crippen LogP contribution in [-0.2, 0) is 0 Å². The Kier molecular flexibility index (Phi) is 4.97. The minimum absolute atomic E-state index is 0.196. The first-order valence-electron chi connectivity index (χ1n) is 8.61. The number of ketones is 1. The Bertz CT molecular complexity index is 569. The molecule has 4 nitrogen and oxygen atoms in total. The van der Waals surface area contributed by atoms with Crippen LogP contribution in [0.1, 0.15) is 30.6 Å². The monoisotopic (exact) mass is 319 g/mol. The number of carbonyl (C=O) groups excluding carboxylic acids is 1. The summed E-state index contributed by atoms with van der Waals surface area (Å²) in [5.41, 5.74) is 0.996. The number of anilines is 1. The molecule has 0 bridgehead atoms. The van der Waals surface area contributed by atoms with Crippen LogP contribution < -0.4 is 4.90 Å². The second kappa shape index (κ2) is 6.97. The van der Waals surface area contributed by atoms with Crippen LogP contribution in [0.2, 0.25) is 0 Å². The van der Waals surface area contributed by atoms with E-state index in [1.165, 1.54) is 13.0 Å². The summed E-state index contributed by atoms with van der Waals surface area (Å²) < 4.78 is 14.0. The van der Waals surface area contributed by atoms with E-state index < -0.39 is 5.82 Å². The Hall–Kier alpha value is -1.46. The fraction of sp³-hybridized carbons (Fsp3) is 0.611. The van der Waals surface area contributed by atoms with E-state index in [2.05, 4.69) is 21.6 Å². The van der Waals surface area contributed by atoms with Crippen molar-refractivity contribution in [3.63, 3.8) is 0 Å². The normalized spacial score (nSPS) is 23.4. The van der Waals surface area contributed by atoms with Crippen LogP contribution in [-0.4, -0.2) is 67.4 Å². The third-order valence-electron chi connectivity index (χ3n) is 5.22. The third-order valence-corrected chi connectivity index (χ3v) is 5.22. The zero-order valence-electron chi connectivity index (χ0n) is 14.1. The van der Waals surface area contributed by atoms with Gasteiger partial charge >= 0.3 is 0 Å². The van der Waals surface area contributed by atoms with Crippen molar-refractivity contribution in [3.05, 3.63) is 29.6 Å². The lowest BCUT2D eigenvalue weighted by atomic mass is 10.1. The van der Waals surface area contributed by atoms with Crippen LogP contribution in [0.15, 0.2) is 18.2 Å². The van der Waals surface area contributed by atoms with Crippen molar-refractivity contribution >= 4 is 11.5 Å². The molecule has 0 N–H and O–H groups in total. The highest BCUT2D eigenvalue weighted by atomic mass is 19.1. The second-order valence-corrected chi connectivity index (χ2v) is 6.55. The number of carbonyl (C=O) groups is 1. The summed E-state index contributed by atoms with van der Waals surface area (Å²) in [4.78, 5) is 19.0. The maximum Gasteiger partial charge on any atom is 0.164 e. The quantitative estimate of drug-likeness (QED) is 0.795. The van der Waals surface area contributed by atoms with Gasteiger partial charge in [0.1, 0.15) is 5.82 Å². The Morgan fingerprint density at radius 2 is 1.96 bits per heavy atom. The van der Waals surface area contributed by atoms with Crippen molar-refractivity contribution in [2.24, 2.45) is 0 Å². The number of piperazine rings is 1. The Balaban J connectivity index is 1.69. The summed E-state index contributed by atoms with van der Waals surface area (Å²) in [5, 5.41) is 0. The van der Waals surface area contributed by atoms with E-state index in [0.717, 1.165) is 57.9 Å². The lowest BCUT2D eigenvalue weighted by Gasteiger charge is -2.37. The van der Waals surface area contributed by atoms with Gasteiger partial charge in [0, 0.05) is 45.3 Å². The summed E-state index contributed by atoms with van der Waals surface area (Å²) in [6.07, 6.45) is 1.08. The number of benzene rings is 1. The zero-order valence-corrected chi connectivity index (χ0v) is 14.1. The average molecular weight is 319 g/mol. The number of likely N-dealkylation sites (N-methyl/N-ethyl adjacent to an activating group) is 1. The van der Waals surface area contributed by atoms with Gasteiger partial charge in [0.25, 0.3) is 0 Å². The first-order valence-corrected chi connectivity index (χ1v) is 8.61. The van der Waals surface area contributed by atoms with Crippen molar-refractivity contribution < 1.29 is 9.18 Å². The van der Waals surface area contributed by atoms with Crippen LogP contribution in [0, 0.1) is 5.82 Å². The van der Waals surface area contributed by atoms with Crippen LogP contribution in [0.5, 0.6) is 0 Å². The molecule has 0 aliphatic carbocycles. The van der Waals surface area contributed by atoms with E-state index in [1.54, 1.807) is 6.07 Å². The molecule has 1 aromatic carbocycles. The standard InChI is InChI=1S/C18H26FN3O/c1-3-20-9-11-21(12-10-20)15-7-8-22(13-15)17-6-4-5-16(19)18(17)14(2)23/h4-6,15H,3,7-13H2,1-2H3. The molecule has 1 aromatic rings. The van der Waals surface area contributed by atoms with Crippen molar-refractivity contribution in [2.45, 2.75) is 26.3 Å². The number of Topliss-reactive ketones (excluding diaryl/α,β-unsaturated/α-hetero) is 1. The van der Waals surface area contributed by atoms with Crippen LogP contribution in [0.4, 0.5) is 10.1 Å². The number of hydrogen-bond acceptors (Lipinski definition) is 4. The van der Waals surface area contributed by atoms with Crippen LogP contribution in [0.25, 0.3) is 0 Å². The molecular weight excluding hydrogens is 293 g/mol.